The van der Waals surface area contributed by atoms with Crippen molar-refractivity contribution in [2.45, 2.75) is 67.3 Å². The van der Waals surface area contributed by atoms with Crippen LogP contribution in [0.2, 0.25) is 0 Å². The fraction of sp³-hybridized carbons (Fsp3) is 1.00. The lowest BCUT2D eigenvalue weighted by atomic mass is 9.99. The molecule has 25 heavy (non-hydrogen) atoms. The minimum absolute atomic E-state index is 0.0572. The van der Waals surface area contributed by atoms with E-state index in [2.05, 4.69) is 12.6 Å². The van der Waals surface area contributed by atoms with Gasteiger partial charge in [0.1, 0.15) is 30.0 Å². The van der Waals surface area contributed by atoms with E-state index in [0.717, 1.165) is 0 Å². The second kappa shape index (κ2) is 7.17. The van der Waals surface area contributed by atoms with Crippen LogP contribution in [-0.2, 0) is 14.2 Å². The number of rotatable bonds is 3. The Hall–Kier alpha value is -0.0500. The Labute approximate surface area is 149 Å². The molecule has 0 spiro atoms. The van der Waals surface area contributed by atoms with Crippen molar-refractivity contribution >= 4 is 12.6 Å². The topological polar surface area (TPSA) is 169 Å². The number of aliphatic hydroxyl groups excluding tert-OH is 6. The molecule has 8 unspecified atom stereocenters. The van der Waals surface area contributed by atoms with Crippen molar-refractivity contribution in [1.82, 2.24) is 0 Å². The molecule has 0 bridgehead atoms. The van der Waals surface area contributed by atoms with Crippen LogP contribution in [-0.4, -0.2) is 109 Å². The summed E-state index contributed by atoms with van der Waals surface area (Å²) in [5.74, 6) is -0.834. The molecular weight excluding hydrogens is 360 g/mol. The molecule has 11 heteroatoms. The van der Waals surface area contributed by atoms with Crippen LogP contribution >= 0.6 is 12.6 Å². The molecule has 0 aromatic rings. The van der Waals surface area contributed by atoms with Crippen LogP contribution in [0.25, 0.3) is 0 Å². The number of thiol groups is 1. The Morgan fingerprint density at radius 2 is 1.72 bits per heavy atom. The van der Waals surface area contributed by atoms with E-state index in [1.807, 2.05) is 0 Å². The molecule has 1 saturated carbocycles. The Morgan fingerprint density at radius 3 is 2.36 bits per heavy atom. The van der Waals surface area contributed by atoms with Crippen LogP contribution in [0.4, 0.5) is 0 Å². The summed E-state index contributed by atoms with van der Waals surface area (Å²) in [5.41, 5.74) is -1.61. The van der Waals surface area contributed by atoms with Crippen LogP contribution in [0.5, 0.6) is 0 Å². The number of ether oxygens (including phenoxy) is 3. The van der Waals surface area contributed by atoms with Crippen molar-refractivity contribution in [1.29, 1.82) is 0 Å². The molecule has 0 amide bonds. The summed E-state index contributed by atoms with van der Waals surface area (Å²) in [7, 11) is 0. The van der Waals surface area contributed by atoms with Crippen LogP contribution in [0, 0.1) is 5.92 Å². The molecule has 0 radical (unpaired) electrons. The van der Waals surface area contributed by atoms with Crippen LogP contribution < -0.4 is 0 Å². The Kier molecular flexibility index (Phi) is 5.65. The van der Waals surface area contributed by atoms with Crippen LogP contribution in [0.3, 0.4) is 0 Å². The summed E-state index contributed by atoms with van der Waals surface area (Å²) >= 11 is 4.06. The molecular formula is C14H24O10S. The lowest BCUT2D eigenvalue weighted by Gasteiger charge is -2.40. The highest BCUT2D eigenvalue weighted by Crippen LogP contribution is 2.54. The monoisotopic (exact) mass is 384 g/mol. The average Bonchev–Trinajstić information content (AvgIpc) is 3.15. The standard InChI is InChI=1S/C14H24O10S/c15-4-1-5(8(16)10(18)12(20)22-2-4)23-13-9(17)7-11(19)14(7,21)6(3-25)24-13/h4-13,15-21,25H,1-3H2/t4?,5-,6?,7?,8?,9?,10?,11?,12+,13+,14?/m0/s1. The molecule has 3 aliphatic rings. The van der Waals surface area contributed by atoms with Gasteiger partial charge in [-0.2, -0.15) is 12.6 Å². The van der Waals surface area contributed by atoms with E-state index in [1.165, 1.54) is 0 Å². The van der Waals surface area contributed by atoms with Gasteiger partial charge in [0, 0.05) is 12.2 Å². The summed E-state index contributed by atoms with van der Waals surface area (Å²) in [5, 5.41) is 69.9. The molecule has 0 aromatic heterocycles. The largest absolute Gasteiger partial charge is 0.391 e. The highest BCUT2D eigenvalue weighted by molar-refractivity contribution is 7.80. The molecule has 3 fully saturated rings. The van der Waals surface area contributed by atoms with Gasteiger partial charge in [-0.25, -0.2) is 0 Å². The first kappa shape index (κ1) is 19.7. The zero-order valence-corrected chi connectivity index (χ0v) is 14.1. The Bertz CT molecular complexity index is 479. The first-order chi connectivity index (χ1) is 11.7. The normalized spacial score (nSPS) is 56.6. The second-order valence-corrected chi connectivity index (χ2v) is 7.16. The first-order valence-corrected chi connectivity index (χ1v) is 8.69. The van der Waals surface area contributed by atoms with Crippen molar-refractivity contribution in [2.75, 3.05) is 12.4 Å². The lowest BCUT2D eigenvalue weighted by molar-refractivity contribution is -0.303. The smallest absolute Gasteiger partial charge is 0.184 e. The Morgan fingerprint density at radius 1 is 1.04 bits per heavy atom. The molecule has 146 valence electrons. The summed E-state index contributed by atoms with van der Waals surface area (Å²) in [4.78, 5) is 0. The van der Waals surface area contributed by atoms with Crippen molar-refractivity contribution in [3.05, 3.63) is 0 Å². The van der Waals surface area contributed by atoms with Crippen LogP contribution in [0.15, 0.2) is 0 Å². The predicted molar refractivity (Wildman–Crippen MR) is 82.4 cm³/mol. The van der Waals surface area contributed by atoms with E-state index < -0.39 is 66.8 Å². The first-order valence-electron chi connectivity index (χ1n) is 8.06. The number of aliphatic hydroxyl groups is 7. The highest BCUT2D eigenvalue weighted by atomic mass is 32.1. The maximum absolute atomic E-state index is 10.3. The van der Waals surface area contributed by atoms with E-state index in [9.17, 15) is 35.7 Å². The Balaban J connectivity index is 1.73. The van der Waals surface area contributed by atoms with E-state index in [0.29, 0.717) is 0 Å². The van der Waals surface area contributed by atoms with Gasteiger partial charge in [-0.1, -0.05) is 0 Å². The van der Waals surface area contributed by atoms with E-state index in [1.54, 1.807) is 0 Å². The van der Waals surface area contributed by atoms with E-state index in [4.69, 9.17) is 14.2 Å². The molecule has 10 nitrogen and oxygen atoms in total. The number of fused-ring (bicyclic) bond motifs is 1. The molecule has 2 heterocycles. The molecule has 0 aromatic carbocycles. The minimum atomic E-state index is -1.71. The van der Waals surface area contributed by atoms with Crippen molar-refractivity contribution in [3.8, 4) is 0 Å². The number of hydrogen-bond donors (Lipinski definition) is 8. The summed E-state index contributed by atoms with van der Waals surface area (Å²) in [6.45, 7) is -0.279. The molecule has 7 N–H and O–H groups in total. The quantitative estimate of drug-likeness (QED) is 0.224. The minimum Gasteiger partial charge on any atom is -0.391 e. The van der Waals surface area contributed by atoms with Crippen LogP contribution in [0.1, 0.15) is 6.42 Å². The van der Waals surface area contributed by atoms with Gasteiger partial charge in [0.25, 0.3) is 0 Å². The molecule has 3 rings (SSSR count). The van der Waals surface area contributed by atoms with Gasteiger partial charge in [-0.15, -0.1) is 0 Å². The zero-order chi connectivity index (χ0) is 18.5. The third-order valence-electron chi connectivity index (χ3n) is 5.16. The van der Waals surface area contributed by atoms with E-state index >= 15 is 0 Å². The van der Waals surface area contributed by atoms with Gasteiger partial charge < -0.3 is 50.0 Å². The van der Waals surface area contributed by atoms with Crippen molar-refractivity contribution in [2.24, 2.45) is 5.92 Å². The summed E-state index contributed by atoms with van der Waals surface area (Å²) in [6.07, 6.45) is -12.3. The zero-order valence-electron chi connectivity index (χ0n) is 13.2. The SMILES string of the molecule is OC1CO[C@@H](O)C(O)C(O)[C@@H](O[C@@H]2OC(CS)C3(O)C(O)C3C2O)C1. The third-order valence-corrected chi connectivity index (χ3v) is 5.49. The van der Waals surface area contributed by atoms with Gasteiger partial charge in [-0.05, 0) is 0 Å². The van der Waals surface area contributed by atoms with Gasteiger partial charge >= 0.3 is 0 Å². The van der Waals surface area contributed by atoms with Gasteiger partial charge in [0.15, 0.2) is 12.6 Å². The maximum atomic E-state index is 10.3. The van der Waals surface area contributed by atoms with Gasteiger partial charge in [-0.3, -0.25) is 0 Å². The number of hydrogen-bond acceptors (Lipinski definition) is 11. The van der Waals surface area contributed by atoms with E-state index in [-0.39, 0.29) is 18.8 Å². The molecule has 2 saturated heterocycles. The molecule has 11 atom stereocenters. The van der Waals surface area contributed by atoms with Crippen molar-refractivity contribution in [3.63, 3.8) is 0 Å². The highest BCUT2D eigenvalue weighted by Gasteiger charge is 2.75. The van der Waals surface area contributed by atoms with Gasteiger partial charge in [0.2, 0.25) is 0 Å². The maximum Gasteiger partial charge on any atom is 0.184 e. The summed E-state index contributed by atoms with van der Waals surface area (Å²) in [6, 6.07) is 0. The van der Waals surface area contributed by atoms with Crippen molar-refractivity contribution < 1.29 is 50.0 Å². The fourth-order valence-electron chi connectivity index (χ4n) is 3.57. The second-order valence-electron chi connectivity index (χ2n) is 6.79. The average molecular weight is 384 g/mol. The third kappa shape index (κ3) is 3.32. The molecule has 1 aliphatic carbocycles. The van der Waals surface area contributed by atoms with Gasteiger partial charge in [0.05, 0.1) is 30.8 Å². The summed E-state index contributed by atoms with van der Waals surface area (Å²) < 4.78 is 15.8. The molecule has 2 aliphatic heterocycles. The predicted octanol–water partition coefficient (Wildman–Crippen LogP) is -4.07. The fourth-order valence-corrected chi connectivity index (χ4v) is 3.95. The lowest BCUT2D eigenvalue weighted by Crippen LogP contribution is -2.56.